The lowest BCUT2D eigenvalue weighted by molar-refractivity contribution is -0.136. The first-order valence-electron chi connectivity index (χ1n) is 5.89. The first-order valence-corrected chi connectivity index (χ1v) is 6.77. The van der Waals surface area contributed by atoms with Gasteiger partial charge in [-0.1, -0.05) is 6.92 Å². The Morgan fingerprint density at radius 3 is 2.72 bits per heavy atom. The van der Waals surface area contributed by atoms with Crippen molar-refractivity contribution in [2.24, 2.45) is 0 Å². The minimum absolute atomic E-state index is 0.0420. The van der Waals surface area contributed by atoms with Gasteiger partial charge in [0.25, 0.3) is 0 Å². The molecule has 0 aliphatic heterocycles. The molecule has 0 saturated carbocycles. The molecule has 0 aliphatic rings. The van der Waals surface area contributed by atoms with Gasteiger partial charge >= 0.3 is 6.18 Å². The van der Waals surface area contributed by atoms with Crippen molar-refractivity contribution < 1.29 is 17.9 Å². The van der Waals surface area contributed by atoms with Crippen LogP contribution in [0.2, 0.25) is 0 Å². The molecule has 0 spiro atoms. The molecule has 0 aliphatic carbocycles. The van der Waals surface area contributed by atoms with E-state index in [4.69, 9.17) is 4.74 Å². The van der Waals surface area contributed by atoms with E-state index < -0.39 is 12.6 Å². The molecule has 0 saturated heterocycles. The second kappa shape index (κ2) is 6.99. The molecule has 1 aromatic rings. The van der Waals surface area contributed by atoms with Crippen LogP contribution in [0.4, 0.5) is 13.2 Å². The second-order valence-electron chi connectivity index (χ2n) is 4.01. The molecule has 1 N–H and O–H groups in total. The highest BCUT2D eigenvalue weighted by molar-refractivity contribution is 7.10. The van der Waals surface area contributed by atoms with Gasteiger partial charge in [-0.05, 0) is 30.8 Å². The molecule has 1 unspecified atom stereocenters. The summed E-state index contributed by atoms with van der Waals surface area (Å²) in [7, 11) is 1.53. The predicted molar refractivity (Wildman–Crippen MR) is 67.2 cm³/mol. The summed E-state index contributed by atoms with van der Waals surface area (Å²) >= 11 is 1.43. The highest BCUT2D eigenvalue weighted by Gasteiger charge is 2.29. The van der Waals surface area contributed by atoms with Crippen LogP contribution in [0, 0.1) is 0 Å². The van der Waals surface area contributed by atoms with Crippen LogP contribution in [0.5, 0.6) is 5.75 Å². The quantitative estimate of drug-likeness (QED) is 0.811. The Morgan fingerprint density at radius 1 is 1.44 bits per heavy atom. The molecule has 0 amide bonds. The average Bonchev–Trinajstić information content (AvgIpc) is 2.76. The van der Waals surface area contributed by atoms with Gasteiger partial charge in [0.2, 0.25) is 0 Å². The number of rotatable bonds is 7. The zero-order chi connectivity index (χ0) is 13.6. The monoisotopic (exact) mass is 281 g/mol. The van der Waals surface area contributed by atoms with Crippen molar-refractivity contribution >= 4 is 11.3 Å². The third-order valence-corrected chi connectivity index (χ3v) is 3.56. The molecule has 1 heterocycles. The Morgan fingerprint density at radius 2 is 2.17 bits per heavy atom. The van der Waals surface area contributed by atoms with E-state index >= 15 is 0 Å². The van der Waals surface area contributed by atoms with Crippen LogP contribution >= 0.6 is 11.3 Å². The number of hydrogen-bond donors (Lipinski definition) is 1. The maximum Gasteiger partial charge on any atom is 0.389 e. The molecule has 0 aromatic carbocycles. The normalized spacial score (nSPS) is 13.6. The summed E-state index contributed by atoms with van der Waals surface area (Å²) in [5, 5.41) is 4.99. The zero-order valence-corrected chi connectivity index (χ0v) is 11.3. The molecule has 0 radical (unpaired) electrons. The summed E-state index contributed by atoms with van der Waals surface area (Å²) in [5.41, 5.74) is 0. The van der Waals surface area contributed by atoms with Gasteiger partial charge in [-0.25, -0.2) is 0 Å². The molecule has 1 rings (SSSR count). The van der Waals surface area contributed by atoms with Crippen molar-refractivity contribution in [1.82, 2.24) is 5.32 Å². The molecule has 104 valence electrons. The van der Waals surface area contributed by atoms with E-state index in [1.54, 1.807) is 6.07 Å². The third-order valence-electron chi connectivity index (χ3n) is 2.55. The van der Waals surface area contributed by atoms with E-state index in [9.17, 15) is 13.2 Å². The molecule has 0 fully saturated rings. The van der Waals surface area contributed by atoms with Crippen molar-refractivity contribution in [2.45, 2.75) is 38.4 Å². The van der Waals surface area contributed by atoms with Gasteiger partial charge in [-0.15, -0.1) is 11.3 Å². The molecule has 2 nitrogen and oxygen atoms in total. The van der Waals surface area contributed by atoms with E-state index in [-0.39, 0.29) is 12.5 Å². The number of nitrogens with one attached hydrogen (secondary N) is 1. The molecule has 0 bridgehead atoms. The van der Waals surface area contributed by atoms with Gasteiger partial charge in [-0.2, -0.15) is 13.2 Å². The van der Waals surface area contributed by atoms with Crippen molar-refractivity contribution in [3.05, 3.63) is 16.3 Å². The highest BCUT2D eigenvalue weighted by atomic mass is 32.1. The van der Waals surface area contributed by atoms with Crippen LogP contribution in [0.3, 0.4) is 0 Å². The minimum Gasteiger partial charge on any atom is -0.496 e. The lowest BCUT2D eigenvalue weighted by atomic mass is 10.1. The largest absolute Gasteiger partial charge is 0.496 e. The van der Waals surface area contributed by atoms with Crippen molar-refractivity contribution in [1.29, 1.82) is 0 Å². The summed E-state index contributed by atoms with van der Waals surface area (Å²) in [6.07, 6.45) is -3.97. The standard InChI is InChI=1S/C12H18F3NOS/c1-3-7-16-9(4-6-12(13,14)15)11-10(17-2)5-8-18-11/h5,8-9,16H,3-4,6-7H2,1-2H3. The maximum atomic E-state index is 12.3. The van der Waals surface area contributed by atoms with Crippen LogP contribution in [0.25, 0.3) is 0 Å². The Labute approximate surface area is 109 Å². The van der Waals surface area contributed by atoms with Crippen LogP contribution in [0.15, 0.2) is 11.4 Å². The van der Waals surface area contributed by atoms with Gasteiger partial charge in [0.1, 0.15) is 5.75 Å². The van der Waals surface area contributed by atoms with E-state index in [0.29, 0.717) is 12.3 Å². The summed E-state index contributed by atoms with van der Waals surface area (Å²) < 4.78 is 42.1. The fourth-order valence-corrected chi connectivity index (χ4v) is 2.66. The summed E-state index contributed by atoms with van der Waals surface area (Å²) in [6.45, 7) is 2.68. The lowest BCUT2D eigenvalue weighted by Crippen LogP contribution is -2.23. The van der Waals surface area contributed by atoms with Gasteiger partial charge < -0.3 is 10.1 Å². The Bertz CT molecular complexity index is 351. The SMILES string of the molecule is CCCNC(CCC(F)(F)F)c1sccc1OC. The molecular weight excluding hydrogens is 263 g/mol. The van der Waals surface area contributed by atoms with Gasteiger partial charge in [0.15, 0.2) is 0 Å². The summed E-state index contributed by atoms with van der Waals surface area (Å²) in [4.78, 5) is 0.843. The number of ether oxygens (including phenoxy) is 1. The van der Waals surface area contributed by atoms with Crippen LogP contribution in [-0.2, 0) is 0 Å². The Balaban J connectivity index is 2.71. The first kappa shape index (κ1) is 15.3. The summed E-state index contributed by atoms with van der Waals surface area (Å²) in [6, 6.07) is 1.50. The molecule has 18 heavy (non-hydrogen) atoms. The topological polar surface area (TPSA) is 21.3 Å². The van der Waals surface area contributed by atoms with E-state index in [1.165, 1.54) is 18.4 Å². The van der Waals surface area contributed by atoms with E-state index in [2.05, 4.69) is 5.32 Å². The second-order valence-corrected chi connectivity index (χ2v) is 4.96. The number of halogens is 3. The van der Waals surface area contributed by atoms with Crippen LogP contribution < -0.4 is 10.1 Å². The Hall–Kier alpha value is -0.750. The number of thiophene rings is 1. The van der Waals surface area contributed by atoms with E-state index in [0.717, 1.165) is 11.3 Å². The van der Waals surface area contributed by atoms with Gasteiger partial charge in [0.05, 0.1) is 12.0 Å². The fourth-order valence-electron chi connectivity index (χ4n) is 1.68. The molecule has 1 aromatic heterocycles. The average molecular weight is 281 g/mol. The first-order chi connectivity index (χ1) is 8.48. The van der Waals surface area contributed by atoms with Gasteiger partial charge in [0, 0.05) is 12.5 Å². The molecule has 6 heteroatoms. The number of alkyl halides is 3. The molecule has 1 atom stereocenters. The number of hydrogen-bond acceptors (Lipinski definition) is 3. The Kier molecular flexibility index (Phi) is 5.95. The smallest absolute Gasteiger partial charge is 0.389 e. The van der Waals surface area contributed by atoms with Crippen molar-refractivity contribution in [3.8, 4) is 5.75 Å². The van der Waals surface area contributed by atoms with Gasteiger partial charge in [-0.3, -0.25) is 0 Å². The van der Waals surface area contributed by atoms with Crippen molar-refractivity contribution in [2.75, 3.05) is 13.7 Å². The third kappa shape index (κ3) is 4.86. The van der Waals surface area contributed by atoms with Crippen molar-refractivity contribution in [3.63, 3.8) is 0 Å². The van der Waals surface area contributed by atoms with Crippen LogP contribution in [-0.4, -0.2) is 19.8 Å². The van der Waals surface area contributed by atoms with Crippen LogP contribution in [0.1, 0.15) is 37.1 Å². The zero-order valence-electron chi connectivity index (χ0n) is 10.5. The maximum absolute atomic E-state index is 12.3. The minimum atomic E-state index is -4.11. The highest BCUT2D eigenvalue weighted by Crippen LogP contribution is 2.35. The fraction of sp³-hybridized carbons (Fsp3) is 0.667. The molecular formula is C12H18F3NOS. The lowest BCUT2D eigenvalue weighted by Gasteiger charge is -2.19. The summed E-state index contributed by atoms with van der Waals surface area (Å²) in [5.74, 6) is 0.663. The number of methoxy groups -OCH3 is 1. The van der Waals surface area contributed by atoms with E-state index in [1.807, 2.05) is 12.3 Å². The predicted octanol–water partition coefficient (Wildman–Crippen LogP) is 4.14.